The highest BCUT2D eigenvalue weighted by Gasteiger charge is 2.10. The normalized spacial score (nSPS) is 11.3. The second-order valence-electron chi connectivity index (χ2n) is 5.20. The molecule has 0 aliphatic heterocycles. The summed E-state index contributed by atoms with van der Waals surface area (Å²) >= 11 is 1.89. The molecule has 0 radical (unpaired) electrons. The van der Waals surface area contributed by atoms with Crippen LogP contribution >= 0.6 is 35.7 Å². The first-order valence-electron chi connectivity index (χ1n) is 7.66. The predicted molar refractivity (Wildman–Crippen MR) is 112 cm³/mol. The molecular weight excluding hydrogens is 421 g/mol. The van der Waals surface area contributed by atoms with Crippen molar-refractivity contribution in [3.63, 3.8) is 0 Å². The lowest BCUT2D eigenvalue weighted by Crippen LogP contribution is -2.37. The Morgan fingerprint density at radius 2 is 2.00 bits per heavy atom. The molecule has 2 aromatic rings. The van der Waals surface area contributed by atoms with Crippen LogP contribution in [0.3, 0.4) is 0 Å². The largest absolute Gasteiger partial charge is 0.459 e. The van der Waals surface area contributed by atoms with Crippen LogP contribution in [0, 0.1) is 6.92 Å². The number of hydrogen-bond acceptors (Lipinski definition) is 3. The summed E-state index contributed by atoms with van der Waals surface area (Å²) in [6, 6.07) is 8.13. The van der Waals surface area contributed by atoms with E-state index < -0.39 is 0 Å². The molecule has 0 spiro atoms. The van der Waals surface area contributed by atoms with E-state index in [4.69, 9.17) is 4.42 Å². The highest BCUT2D eigenvalue weighted by Crippen LogP contribution is 2.24. The summed E-state index contributed by atoms with van der Waals surface area (Å²) in [4.78, 5) is 4.25. The smallest absolute Gasteiger partial charge is 0.191 e. The lowest BCUT2D eigenvalue weighted by Gasteiger charge is -2.11. The average molecular weight is 447 g/mol. The predicted octanol–water partition coefficient (Wildman–Crippen LogP) is 4.17. The van der Waals surface area contributed by atoms with Crippen LogP contribution in [0.1, 0.15) is 24.2 Å². The third-order valence-corrected chi connectivity index (χ3v) is 4.35. The van der Waals surface area contributed by atoms with Gasteiger partial charge in [0.2, 0.25) is 0 Å². The Bertz CT molecular complexity index is 627. The van der Waals surface area contributed by atoms with Crippen molar-refractivity contribution in [3.8, 4) is 0 Å². The average Bonchev–Trinajstić information content (AvgIpc) is 2.87. The number of aliphatic imine (C=N–C) groups is 1. The van der Waals surface area contributed by atoms with Gasteiger partial charge in [-0.2, -0.15) is 11.8 Å². The third-order valence-electron chi connectivity index (χ3n) is 3.65. The molecule has 1 aromatic carbocycles. The van der Waals surface area contributed by atoms with Gasteiger partial charge in [0.05, 0.1) is 6.54 Å². The highest BCUT2D eigenvalue weighted by molar-refractivity contribution is 14.0. The zero-order chi connectivity index (χ0) is 15.8. The number of aryl methyl sites for hydroxylation is 1. The number of nitrogens with one attached hydrogen (secondary N) is 2. The quantitative estimate of drug-likeness (QED) is 0.290. The topological polar surface area (TPSA) is 49.6 Å². The molecule has 0 unspecified atom stereocenters. The Hall–Kier alpha value is -0.890. The number of furan rings is 1. The van der Waals surface area contributed by atoms with Crippen LogP contribution in [-0.4, -0.2) is 31.6 Å². The maximum atomic E-state index is 5.90. The fourth-order valence-electron chi connectivity index (χ4n) is 2.36. The zero-order valence-electron chi connectivity index (χ0n) is 14.0. The van der Waals surface area contributed by atoms with Gasteiger partial charge in [0, 0.05) is 24.5 Å². The van der Waals surface area contributed by atoms with Crippen LogP contribution in [0.4, 0.5) is 0 Å². The van der Waals surface area contributed by atoms with E-state index in [0.717, 1.165) is 30.3 Å². The van der Waals surface area contributed by atoms with Gasteiger partial charge in [-0.05, 0) is 37.8 Å². The summed E-state index contributed by atoms with van der Waals surface area (Å²) in [5.74, 6) is 3.00. The molecule has 0 saturated heterocycles. The summed E-state index contributed by atoms with van der Waals surface area (Å²) < 4.78 is 5.90. The SMILES string of the molecule is CN=C(NCCCCSC)NCc1oc2ccccc2c1C.I. The molecule has 6 heteroatoms. The molecule has 128 valence electrons. The molecule has 0 saturated carbocycles. The first-order valence-corrected chi connectivity index (χ1v) is 9.06. The molecule has 2 N–H and O–H groups in total. The van der Waals surface area contributed by atoms with Crippen molar-refractivity contribution in [2.75, 3.05) is 25.6 Å². The van der Waals surface area contributed by atoms with Gasteiger partial charge in [-0.25, -0.2) is 0 Å². The van der Waals surface area contributed by atoms with E-state index in [-0.39, 0.29) is 24.0 Å². The fraction of sp³-hybridized carbons (Fsp3) is 0.471. The molecule has 23 heavy (non-hydrogen) atoms. The first kappa shape index (κ1) is 20.2. The zero-order valence-corrected chi connectivity index (χ0v) is 17.2. The molecule has 0 bridgehead atoms. The summed E-state index contributed by atoms with van der Waals surface area (Å²) in [6.07, 6.45) is 4.53. The Kier molecular flexibility index (Phi) is 9.47. The molecule has 0 aliphatic rings. The van der Waals surface area contributed by atoms with Crippen molar-refractivity contribution in [2.24, 2.45) is 4.99 Å². The van der Waals surface area contributed by atoms with Gasteiger partial charge in [0.15, 0.2) is 5.96 Å². The van der Waals surface area contributed by atoms with Crippen LogP contribution in [0.2, 0.25) is 0 Å². The van der Waals surface area contributed by atoms with Gasteiger partial charge >= 0.3 is 0 Å². The van der Waals surface area contributed by atoms with Gasteiger partial charge in [0.1, 0.15) is 11.3 Å². The molecule has 0 atom stereocenters. The van der Waals surface area contributed by atoms with Crippen LogP contribution in [0.15, 0.2) is 33.7 Å². The van der Waals surface area contributed by atoms with Gasteiger partial charge in [0.25, 0.3) is 0 Å². The summed E-state index contributed by atoms with van der Waals surface area (Å²) in [7, 11) is 1.79. The Labute approximate surface area is 159 Å². The number of nitrogens with zero attached hydrogens (tertiary/aromatic N) is 1. The van der Waals surface area contributed by atoms with Crippen molar-refractivity contribution < 1.29 is 4.42 Å². The van der Waals surface area contributed by atoms with Gasteiger partial charge in [-0.15, -0.1) is 24.0 Å². The number of unbranched alkanes of at least 4 members (excludes halogenated alkanes) is 1. The number of halogens is 1. The standard InChI is InChI=1S/C17H25N3OS.HI/c1-13-14-8-4-5-9-15(14)21-16(13)12-20-17(18-2)19-10-6-7-11-22-3;/h4-5,8-9H,6-7,10-12H2,1-3H3,(H2,18,19,20);1H. The van der Waals surface area contributed by atoms with Gasteiger partial charge in [-0.1, -0.05) is 18.2 Å². The second-order valence-corrected chi connectivity index (χ2v) is 6.18. The number of hydrogen-bond donors (Lipinski definition) is 2. The van der Waals surface area contributed by atoms with Crippen LogP contribution < -0.4 is 10.6 Å². The van der Waals surface area contributed by atoms with Crippen molar-refractivity contribution in [1.29, 1.82) is 0 Å². The maximum Gasteiger partial charge on any atom is 0.191 e. The molecule has 1 heterocycles. The van der Waals surface area contributed by atoms with E-state index >= 15 is 0 Å². The van der Waals surface area contributed by atoms with Crippen molar-refractivity contribution in [1.82, 2.24) is 10.6 Å². The molecule has 0 amide bonds. The van der Waals surface area contributed by atoms with Gasteiger partial charge in [-0.3, -0.25) is 4.99 Å². The van der Waals surface area contributed by atoms with E-state index in [0.29, 0.717) is 6.54 Å². The first-order chi connectivity index (χ1) is 10.8. The molecule has 0 aliphatic carbocycles. The van der Waals surface area contributed by atoms with E-state index in [2.05, 4.69) is 34.9 Å². The number of para-hydroxylation sites is 1. The lowest BCUT2D eigenvalue weighted by atomic mass is 10.1. The number of guanidine groups is 1. The van der Waals surface area contributed by atoms with E-state index in [9.17, 15) is 0 Å². The molecule has 0 fully saturated rings. The lowest BCUT2D eigenvalue weighted by molar-refractivity contribution is 0.534. The molecule has 2 rings (SSSR count). The van der Waals surface area contributed by atoms with Crippen molar-refractivity contribution >= 4 is 52.7 Å². The van der Waals surface area contributed by atoms with E-state index in [1.165, 1.54) is 23.1 Å². The maximum absolute atomic E-state index is 5.90. The van der Waals surface area contributed by atoms with Crippen LogP contribution in [0.25, 0.3) is 11.0 Å². The summed E-state index contributed by atoms with van der Waals surface area (Å²) in [5.41, 5.74) is 2.13. The Morgan fingerprint density at radius 3 is 2.70 bits per heavy atom. The van der Waals surface area contributed by atoms with Crippen LogP contribution in [0.5, 0.6) is 0 Å². The van der Waals surface area contributed by atoms with Crippen molar-refractivity contribution in [3.05, 3.63) is 35.6 Å². The summed E-state index contributed by atoms with van der Waals surface area (Å²) in [5, 5.41) is 7.84. The third kappa shape index (κ3) is 5.91. The van der Waals surface area contributed by atoms with Gasteiger partial charge < -0.3 is 15.1 Å². The highest BCUT2D eigenvalue weighted by atomic mass is 127. The fourth-order valence-corrected chi connectivity index (χ4v) is 2.85. The Balaban J connectivity index is 0.00000264. The molecule has 4 nitrogen and oxygen atoms in total. The minimum absolute atomic E-state index is 0. The Morgan fingerprint density at radius 1 is 1.22 bits per heavy atom. The minimum Gasteiger partial charge on any atom is -0.459 e. The number of fused-ring (bicyclic) bond motifs is 1. The monoisotopic (exact) mass is 447 g/mol. The van der Waals surface area contributed by atoms with E-state index in [1.54, 1.807) is 7.05 Å². The second kappa shape index (κ2) is 10.8. The van der Waals surface area contributed by atoms with Crippen LogP contribution in [-0.2, 0) is 6.54 Å². The van der Waals surface area contributed by atoms with Crippen molar-refractivity contribution in [2.45, 2.75) is 26.3 Å². The number of rotatable bonds is 7. The molecule has 1 aromatic heterocycles. The minimum atomic E-state index is 0. The number of thioether (sulfide) groups is 1. The van der Waals surface area contributed by atoms with E-state index in [1.807, 2.05) is 30.0 Å². The number of benzene rings is 1. The molecular formula is C17H26IN3OS. The summed E-state index contributed by atoms with van der Waals surface area (Å²) in [6.45, 7) is 3.69.